The van der Waals surface area contributed by atoms with Gasteiger partial charge in [-0.3, -0.25) is 0 Å². The van der Waals surface area contributed by atoms with Crippen molar-refractivity contribution in [2.24, 2.45) is 11.3 Å². The van der Waals surface area contributed by atoms with Crippen LogP contribution in [-0.2, 0) is 6.54 Å². The zero-order valence-corrected chi connectivity index (χ0v) is 11.1. The molecule has 0 spiro atoms. The molecule has 0 unspecified atom stereocenters. The van der Waals surface area contributed by atoms with Crippen molar-refractivity contribution in [2.75, 3.05) is 6.54 Å². The van der Waals surface area contributed by atoms with Crippen molar-refractivity contribution >= 4 is 0 Å². The molecule has 0 bridgehead atoms. The van der Waals surface area contributed by atoms with E-state index in [1.165, 1.54) is 50.6 Å². The predicted molar refractivity (Wildman–Crippen MR) is 74.5 cm³/mol. The Kier molecular flexibility index (Phi) is 2.51. The maximum atomic E-state index is 3.71. The van der Waals surface area contributed by atoms with Crippen LogP contribution in [0, 0.1) is 11.3 Å². The Bertz CT molecular complexity index is 439. The lowest BCUT2D eigenvalue weighted by Gasteiger charge is -2.15. The third-order valence-electron chi connectivity index (χ3n) is 5.14. The van der Waals surface area contributed by atoms with Gasteiger partial charge in [-0.1, -0.05) is 24.3 Å². The van der Waals surface area contributed by atoms with E-state index in [9.17, 15) is 0 Å². The fourth-order valence-corrected chi connectivity index (χ4v) is 3.42. The van der Waals surface area contributed by atoms with Crippen molar-refractivity contribution in [1.29, 1.82) is 0 Å². The Morgan fingerprint density at radius 3 is 2.61 bits per heavy atom. The summed E-state index contributed by atoms with van der Waals surface area (Å²) in [6.45, 7) is 2.32. The molecule has 0 heterocycles. The van der Waals surface area contributed by atoms with E-state index in [1.807, 2.05) is 0 Å². The average molecular weight is 241 g/mol. The van der Waals surface area contributed by atoms with Gasteiger partial charge in [0.1, 0.15) is 0 Å². The van der Waals surface area contributed by atoms with Gasteiger partial charge in [0.2, 0.25) is 0 Å². The lowest BCUT2D eigenvalue weighted by molar-refractivity contribution is 0.403. The number of benzene rings is 1. The Morgan fingerprint density at radius 2 is 1.94 bits per heavy atom. The molecule has 3 aliphatic rings. The molecule has 0 aromatic heterocycles. The van der Waals surface area contributed by atoms with Gasteiger partial charge in [0.15, 0.2) is 0 Å². The van der Waals surface area contributed by atoms with Gasteiger partial charge in [-0.05, 0) is 66.9 Å². The highest BCUT2D eigenvalue weighted by Gasteiger charge is 2.53. The molecule has 1 nitrogen and oxygen atoms in total. The lowest BCUT2D eigenvalue weighted by atomic mass is 10.0. The summed E-state index contributed by atoms with van der Waals surface area (Å²) in [5, 5.41) is 3.71. The highest BCUT2D eigenvalue weighted by Crippen LogP contribution is 2.60. The Hall–Kier alpha value is -0.820. The molecule has 96 valence electrons. The van der Waals surface area contributed by atoms with E-state index in [0.29, 0.717) is 0 Å². The van der Waals surface area contributed by atoms with Crippen LogP contribution in [0.15, 0.2) is 24.3 Å². The van der Waals surface area contributed by atoms with Crippen LogP contribution in [0.2, 0.25) is 0 Å². The standard InChI is InChI=1S/C17H23N/c1-2-13(10-15(3-1)14-4-5-14)11-18-12-17(8-9-17)16-6-7-16/h1-3,10,14,16,18H,4-9,11-12H2. The minimum Gasteiger partial charge on any atom is -0.312 e. The van der Waals surface area contributed by atoms with Crippen molar-refractivity contribution in [1.82, 2.24) is 5.32 Å². The Morgan fingerprint density at radius 1 is 1.11 bits per heavy atom. The zero-order chi connectivity index (χ0) is 12.0. The van der Waals surface area contributed by atoms with Crippen molar-refractivity contribution in [3.63, 3.8) is 0 Å². The van der Waals surface area contributed by atoms with Gasteiger partial charge in [-0.25, -0.2) is 0 Å². The molecule has 1 aromatic rings. The summed E-state index contributed by atoms with van der Waals surface area (Å²) in [5.74, 6) is 1.95. The number of rotatable bonds is 6. The minimum atomic E-state index is 0.730. The van der Waals surface area contributed by atoms with E-state index >= 15 is 0 Å². The van der Waals surface area contributed by atoms with Gasteiger partial charge in [0, 0.05) is 13.1 Å². The quantitative estimate of drug-likeness (QED) is 0.798. The van der Waals surface area contributed by atoms with Crippen molar-refractivity contribution in [2.45, 2.75) is 51.0 Å². The topological polar surface area (TPSA) is 12.0 Å². The maximum absolute atomic E-state index is 3.71. The molecule has 3 fully saturated rings. The second-order valence-corrected chi connectivity index (χ2v) is 6.76. The molecule has 1 heteroatoms. The van der Waals surface area contributed by atoms with Crippen LogP contribution in [0.3, 0.4) is 0 Å². The lowest BCUT2D eigenvalue weighted by Crippen LogP contribution is -2.25. The van der Waals surface area contributed by atoms with Crippen LogP contribution in [0.5, 0.6) is 0 Å². The molecule has 3 aliphatic carbocycles. The van der Waals surface area contributed by atoms with E-state index in [-0.39, 0.29) is 0 Å². The molecule has 0 aliphatic heterocycles. The van der Waals surface area contributed by atoms with Crippen LogP contribution < -0.4 is 5.32 Å². The molecule has 3 saturated carbocycles. The van der Waals surface area contributed by atoms with Crippen molar-refractivity contribution in [3.8, 4) is 0 Å². The first kappa shape index (κ1) is 11.0. The maximum Gasteiger partial charge on any atom is 0.0205 e. The van der Waals surface area contributed by atoms with Gasteiger partial charge in [0.25, 0.3) is 0 Å². The molecule has 0 radical (unpaired) electrons. The van der Waals surface area contributed by atoms with Crippen molar-refractivity contribution < 1.29 is 0 Å². The molecule has 1 N–H and O–H groups in total. The number of hydrogen-bond acceptors (Lipinski definition) is 1. The second kappa shape index (κ2) is 4.09. The van der Waals surface area contributed by atoms with Crippen LogP contribution >= 0.6 is 0 Å². The molecule has 0 amide bonds. The van der Waals surface area contributed by atoms with E-state index in [2.05, 4.69) is 29.6 Å². The van der Waals surface area contributed by atoms with E-state index in [1.54, 1.807) is 5.56 Å². The third kappa shape index (κ3) is 2.21. The molecule has 4 rings (SSSR count). The SMILES string of the molecule is c1cc(CNCC2(C3CC3)CC2)cc(C2CC2)c1. The average Bonchev–Trinajstić information content (AvgIpc) is 3.27. The van der Waals surface area contributed by atoms with Crippen LogP contribution in [0.4, 0.5) is 0 Å². The van der Waals surface area contributed by atoms with E-state index in [0.717, 1.165) is 23.8 Å². The van der Waals surface area contributed by atoms with Gasteiger partial charge in [-0.15, -0.1) is 0 Å². The molecular weight excluding hydrogens is 218 g/mol. The summed E-state index contributed by atoms with van der Waals surface area (Å²) in [7, 11) is 0. The van der Waals surface area contributed by atoms with Gasteiger partial charge >= 0.3 is 0 Å². The number of hydrogen-bond donors (Lipinski definition) is 1. The molecule has 1 aromatic carbocycles. The van der Waals surface area contributed by atoms with E-state index in [4.69, 9.17) is 0 Å². The summed E-state index contributed by atoms with van der Waals surface area (Å²) < 4.78 is 0. The zero-order valence-electron chi connectivity index (χ0n) is 11.1. The molecular formula is C17H23N. The monoisotopic (exact) mass is 241 g/mol. The normalized spacial score (nSPS) is 25.1. The smallest absolute Gasteiger partial charge is 0.0205 e. The molecule has 0 atom stereocenters. The third-order valence-corrected chi connectivity index (χ3v) is 5.14. The van der Waals surface area contributed by atoms with Gasteiger partial charge in [0.05, 0.1) is 0 Å². The summed E-state index contributed by atoms with van der Waals surface area (Å²) in [4.78, 5) is 0. The summed E-state index contributed by atoms with van der Waals surface area (Å²) in [6.07, 6.45) is 8.76. The largest absolute Gasteiger partial charge is 0.312 e. The first-order valence-corrected chi connectivity index (χ1v) is 7.65. The number of nitrogens with one attached hydrogen (secondary N) is 1. The first-order valence-electron chi connectivity index (χ1n) is 7.65. The van der Waals surface area contributed by atoms with Crippen LogP contribution in [-0.4, -0.2) is 6.54 Å². The Labute approximate surface area is 110 Å². The summed E-state index contributed by atoms with van der Waals surface area (Å²) in [6, 6.07) is 9.23. The summed E-state index contributed by atoms with van der Waals surface area (Å²) in [5.41, 5.74) is 3.78. The minimum absolute atomic E-state index is 0.730. The fraction of sp³-hybridized carbons (Fsp3) is 0.647. The van der Waals surface area contributed by atoms with Crippen LogP contribution in [0.1, 0.15) is 55.6 Å². The highest BCUT2D eigenvalue weighted by molar-refractivity contribution is 5.29. The van der Waals surface area contributed by atoms with E-state index < -0.39 is 0 Å². The Balaban J connectivity index is 1.32. The summed E-state index contributed by atoms with van der Waals surface area (Å²) >= 11 is 0. The fourth-order valence-electron chi connectivity index (χ4n) is 3.42. The van der Waals surface area contributed by atoms with Crippen LogP contribution in [0.25, 0.3) is 0 Å². The molecule has 18 heavy (non-hydrogen) atoms. The first-order chi connectivity index (χ1) is 8.86. The molecule has 0 saturated heterocycles. The predicted octanol–water partition coefficient (Wildman–Crippen LogP) is 3.84. The second-order valence-electron chi connectivity index (χ2n) is 6.76. The van der Waals surface area contributed by atoms with Crippen molar-refractivity contribution in [3.05, 3.63) is 35.4 Å². The van der Waals surface area contributed by atoms with Gasteiger partial charge < -0.3 is 5.32 Å². The highest BCUT2D eigenvalue weighted by atomic mass is 14.9. The van der Waals surface area contributed by atoms with Gasteiger partial charge in [-0.2, -0.15) is 0 Å².